The molecule has 0 aromatic heterocycles. The van der Waals surface area contributed by atoms with Gasteiger partial charge in [-0.05, 0) is 37.5 Å². The number of aliphatic carboxylic acids is 2. The summed E-state index contributed by atoms with van der Waals surface area (Å²) in [6.07, 6.45) is 8.26. The fourth-order valence-electron chi connectivity index (χ4n) is 5.02. The zero-order chi connectivity index (χ0) is 18.4. The standard InChI is InChI=1S/C20H36O4/c1-5-6-7-8-11-16(4)20(18(23)24)13-10-9-12-19(20,17(21)22)14-15(2)3/h15-16H,5-14H2,1-4H3,(H,21,22)(H,23,24). The van der Waals surface area contributed by atoms with Gasteiger partial charge in [0.2, 0.25) is 0 Å². The molecule has 0 heterocycles. The molecule has 0 spiro atoms. The predicted octanol–water partition coefficient (Wildman–Crippen LogP) is 5.36. The summed E-state index contributed by atoms with van der Waals surface area (Å²) in [7, 11) is 0. The Hall–Kier alpha value is -1.06. The molecule has 3 atom stereocenters. The third-order valence-corrected chi connectivity index (χ3v) is 6.16. The summed E-state index contributed by atoms with van der Waals surface area (Å²) in [4.78, 5) is 24.8. The molecule has 0 aliphatic heterocycles. The van der Waals surface area contributed by atoms with E-state index in [0.29, 0.717) is 19.3 Å². The van der Waals surface area contributed by atoms with E-state index in [1.54, 1.807) is 0 Å². The van der Waals surface area contributed by atoms with Crippen molar-refractivity contribution in [3.05, 3.63) is 0 Å². The van der Waals surface area contributed by atoms with Gasteiger partial charge >= 0.3 is 11.9 Å². The average molecular weight is 341 g/mol. The van der Waals surface area contributed by atoms with E-state index in [-0.39, 0.29) is 11.8 Å². The molecule has 0 aromatic rings. The molecule has 2 N–H and O–H groups in total. The third-order valence-electron chi connectivity index (χ3n) is 6.16. The SMILES string of the molecule is CCCCCCC(C)C1(C(=O)O)CCCCC1(CC(C)C)C(=O)O. The van der Waals surface area contributed by atoms with Crippen LogP contribution in [0.2, 0.25) is 0 Å². The molecule has 0 saturated heterocycles. The van der Waals surface area contributed by atoms with Gasteiger partial charge in [-0.2, -0.15) is 0 Å². The Labute approximate surface area is 147 Å². The second-order valence-electron chi connectivity index (χ2n) is 8.22. The van der Waals surface area contributed by atoms with Crippen molar-refractivity contribution >= 4 is 11.9 Å². The van der Waals surface area contributed by atoms with Crippen LogP contribution >= 0.6 is 0 Å². The topological polar surface area (TPSA) is 74.6 Å². The molecule has 4 nitrogen and oxygen atoms in total. The first kappa shape index (κ1) is 21.0. The van der Waals surface area contributed by atoms with Crippen molar-refractivity contribution in [3.8, 4) is 0 Å². The molecule has 1 rings (SSSR count). The third kappa shape index (κ3) is 3.94. The van der Waals surface area contributed by atoms with Gasteiger partial charge in [-0.25, -0.2) is 0 Å². The summed E-state index contributed by atoms with van der Waals surface area (Å²) in [5, 5.41) is 20.3. The maximum absolute atomic E-state index is 12.4. The Morgan fingerprint density at radius 3 is 2.08 bits per heavy atom. The highest BCUT2D eigenvalue weighted by Gasteiger charge is 2.64. The lowest BCUT2D eigenvalue weighted by Gasteiger charge is -2.52. The molecule has 24 heavy (non-hydrogen) atoms. The molecule has 0 bridgehead atoms. The smallest absolute Gasteiger partial charge is 0.311 e. The zero-order valence-corrected chi connectivity index (χ0v) is 15.9. The van der Waals surface area contributed by atoms with Gasteiger partial charge < -0.3 is 10.2 Å². The van der Waals surface area contributed by atoms with Crippen LogP contribution in [0, 0.1) is 22.7 Å². The zero-order valence-electron chi connectivity index (χ0n) is 15.9. The Morgan fingerprint density at radius 1 is 0.958 bits per heavy atom. The molecule has 3 unspecified atom stereocenters. The van der Waals surface area contributed by atoms with E-state index in [1.807, 2.05) is 20.8 Å². The van der Waals surface area contributed by atoms with Gasteiger partial charge in [0.05, 0.1) is 10.8 Å². The van der Waals surface area contributed by atoms with Gasteiger partial charge in [-0.1, -0.05) is 66.2 Å². The number of carboxylic acids is 2. The van der Waals surface area contributed by atoms with Gasteiger partial charge in [-0.3, -0.25) is 9.59 Å². The van der Waals surface area contributed by atoms with Gasteiger partial charge in [0.25, 0.3) is 0 Å². The van der Waals surface area contributed by atoms with Crippen LogP contribution in [-0.4, -0.2) is 22.2 Å². The highest BCUT2D eigenvalue weighted by atomic mass is 16.4. The minimum atomic E-state index is -1.13. The molecule has 1 aliphatic rings. The summed E-state index contributed by atoms with van der Waals surface area (Å²) in [5.74, 6) is -1.74. The Bertz CT molecular complexity index is 431. The first-order valence-electron chi connectivity index (χ1n) is 9.71. The van der Waals surface area contributed by atoms with E-state index in [0.717, 1.165) is 44.9 Å². The molecule has 140 valence electrons. The minimum Gasteiger partial charge on any atom is -0.481 e. The van der Waals surface area contributed by atoms with Crippen LogP contribution in [0.25, 0.3) is 0 Å². The highest BCUT2D eigenvalue weighted by molar-refractivity contribution is 5.87. The van der Waals surface area contributed by atoms with Gasteiger partial charge in [0, 0.05) is 0 Å². The van der Waals surface area contributed by atoms with E-state index >= 15 is 0 Å². The number of hydrogen-bond acceptors (Lipinski definition) is 2. The molecule has 0 radical (unpaired) electrons. The lowest BCUT2D eigenvalue weighted by Crippen LogP contribution is -2.58. The predicted molar refractivity (Wildman–Crippen MR) is 96.0 cm³/mol. The summed E-state index contributed by atoms with van der Waals surface area (Å²) in [6.45, 7) is 8.13. The summed E-state index contributed by atoms with van der Waals surface area (Å²) in [6, 6.07) is 0. The molecule has 1 aliphatic carbocycles. The minimum absolute atomic E-state index is 0.109. The van der Waals surface area contributed by atoms with Crippen molar-refractivity contribution < 1.29 is 19.8 Å². The van der Waals surface area contributed by atoms with E-state index < -0.39 is 22.8 Å². The molecular weight excluding hydrogens is 304 g/mol. The number of carboxylic acid groups (broad SMARTS) is 2. The number of unbranched alkanes of at least 4 members (excludes halogenated alkanes) is 3. The number of carbonyl (C=O) groups is 2. The average Bonchev–Trinajstić information content (AvgIpc) is 2.50. The lowest BCUT2D eigenvalue weighted by atomic mass is 9.48. The molecular formula is C20H36O4. The lowest BCUT2D eigenvalue weighted by molar-refractivity contribution is -0.189. The molecule has 0 amide bonds. The summed E-state index contributed by atoms with van der Waals surface area (Å²) in [5.41, 5.74) is -2.26. The molecule has 1 saturated carbocycles. The normalized spacial score (nSPS) is 28.7. The van der Waals surface area contributed by atoms with Crippen molar-refractivity contribution in [2.24, 2.45) is 22.7 Å². The van der Waals surface area contributed by atoms with Crippen LogP contribution in [0.5, 0.6) is 0 Å². The Morgan fingerprint density at radius 2 is 1.58 bits per heavy atom. The Kier molecular flexibility index (Phi) is 7.75. The van der Waals surface area contributed by atoms with E-state index in [9.17, 15) is 19.8 Å². The molecule has 1 fully saturated rings. The highest BCUT2D eigenvalue weighted by Crippen LogP contribution is 2.59. The largest absolute Gasteiger partial charge is 0.481 e. The van der Waals surface area contributed by atoms with E-state index in [1.165, 1.54) is 0 Å². The summed E-state index contributed by atoms with van der Waals surface area (Å²) >= 11 is 0. The van der Waals surface area contributed by atoms with Crippen LogP contribution in [0.1, 0.15) is 91.9 Å². The van der Waals surface area contributed by atoms with Crippen LogP contribution in [0.3, 0.4) is 0 Å². The van der Waals surface area contributed by atoms with Crippen molar-refractivity contribution in [2.75, 3.05) is 0 Å². The van der Waals surface area contributed by atoms with Crippen molar-refractivity contribution in [1.29, 1.82) is 0 Å². The molecule has 0 aromatic carbocycles. The summed E-state index contributed by atoms with van der Waals surface area (Å²) < 4.78 is 0. The van der Waals surface area contributed by atoms with E-state index in [2.05, 4.69) is 6.92 Å². The maximum Gasteiger partial charge on any atom is 0.311 e. The van der Waals surface area contributed by atoms with Crippen molar-refractivity contribution in [1.82, 2.24) is 0 Å². The van der Waals surface area contributed by atoms with Crippen LogP contribution in [-0.2, 0) is 9.59 Å². The van der Waals surface area contributed by atoms with Crippen molar-refractivity contribution in [2.45, 2.75) is 91.9 Å². The van der Waals surface area contributed by atoms with Gasteiger partial charge in [-0.15, -0.1) is 0 Å². The molecule has 4 heteroatoms. The van der Waals surface area contributed by atoms with E-state index in [4.69, 9.17) is 0 Å². The maximum atomic E-state index is 12.4. The monoisotopic (exact) mass is 340 g/mol. The first-order chi connectivity index (χ1) is 11.2. The van der Waals surface area contributed by atoms with Crippen molar-refractivity contribution in [3.63, 3.8) is 0 Å². The first-order valence-corrected chi connectivity index (χ1v) is 9.71. The fraction of sp³-hybridized carbons (Fsp3) is 0.900. The quantitative estimate of drug-likeness (QED) is 0.525. The van der Waals surface area contributed by atoms with Crippen LogP contribution in [0.4, 0.5) is 0 Å². The van der Waals surface area contributed by atoms with Gasteiger partial charge in [0.1, 0.15) is 0 Å². The van der Waals surface area contributed by atoms with Crippen LogP contribution in [0.15, 0.2) is 0 Å². The Balaban J connectivity index is 3.21. The number of hydrogen-bond donors (Lipinski definition) is 2. The second-order valence-corrected chi connectivity index (χ2v) is 8.22. The number of rotatable bonds is 10. The van der Waals surface area contributed by atoms with Crippen LogP contribution < -0.4 is 0 Å². The fourth-order valence-corrected chi connectivity index (χ4v) is 5.02. The second kappa shape index (κ2) is 8.87. The van der Waals surface area contributed by atoms with Gasteiger partial charge in [0.15, 0.2) is 0 Å².